The molecule has 0 radical (unpaired) electrons. The summed E-state index contributed by atoms with van der Waals surface area (Å²) in [6.45, 7) is 17.6. The molecule has 210 valence electrons. The van der Waals surface area contributed by atoms with Crippen LogP contribution in [0.4, 0.5) is 0 Å². The van der Waals surface area contributed by atoms with Gasteiger partial charge in [-0.1, -0.05) is 23.8 Å². The van der Waals surface area contributed by atoms with E-state index in [1.165, 1.54) is 33.3 Å². The molecule has 6 rings (SSSR count). The number of hydrogen-bond donors (Lipinski definition) is 1. The summed E-state index contributed by atoms with van der Waals surface area (Å²) in [5.41, 5.74) is 7.05. The molecule has 2 aliphatic heterocycles. The fourth-order valence-electron chi connectivity index (χ4n) is 6.03. The lowest BCUT2D eigenvalue weighted by atomic mass is 9.99. The first-order valence-corrected chi connectivity index (χ1v) is 15.1. The van der Waals surface area contributed by atoms with Crippen LogP contribution in [0, 0.1) is 20.8 Å². The first-order valence-electron chi connectivity index (χ1n) is 14.3. The number of aromatic nitrogens is 3. The number of aryl methyl sites for hydroxylation is 3. The highest BCUT2D eigenvalue weighted by Crippen LogP contribution is 2.39. The second-order valence-corrected chi connectivity index (χ2v) is 12.3. The lowest BCUT2D eigenvalue weighted by Crippen LogP contribution is -2.50. The molecule has 1 aromatic carbocycles. The van der Waals surface area contributed by atoms with Gasteiger partial charge in [0, 0.05) is 68.6 Å². The monoisotopic (exact) mass is 558 g/mol. The third-order valence-electron chi connectivity index (χ3n) is 8.15. The Bertz CT molecular complexity index is 1510. The summed E-state index contributed by atoms with van der Waals surface area (Å²) in [5, 5.41) is 9.38. The van der Waals surface area contributed by atoms with E-state index in [4.69, 9.17) is 4.42 Å². The average molecular weight is 559 g/mol. The minimum absolute atomic E-state index is 0.296. The molecule has 0 atom stereocenters. The number of hydrogen-bond acceptors (Lipinski definition) is 7. The minimum Gasteiger partial charge on any atom is -0.421 e. The van der Waals surface area contributed by atoms with Gasteiger partial charge in [0.1, 0.15) is 4.83 Å². The van der Waals surface area contributed by atoms with Crippen LogP contribution < -0.4 is 0 Å². The summed E-state index contributed by atoms with van der Waals surface area (Å²) in [5.74, 6) is 1.31. The smallest absolute Gasteiger partial charge is 0.248 e. The summed E-state index contributed by atoms with van der Waals surface area (Å²) in [6.07, 6.45) is 3.23. The first kappa shape index (κ1) is 26.9. The maximum Gasteiger partial charge on any atom is 0.248 e. The number of carbonyl (C=O) groups excluding carboxylic acids is 1. The third kappa shape index (κ3) is 5.64. The Morgan fingerprint density at radius 3 is 2.35 bits per heavy atom. The van der Waals surface area contributed by atoms with Crippen LogP contribution in [0.3, 0.4) is 0 Å². The Morgan fingerprint density at radius 1 is 0.975 bits per heavy atom. The van der Waals surface area contributed by atoms with Gasteiger partial charge in [-0.2, -0.15) is 0 Å². The van der Waals surface area contributed by atoms with E-state index in [0.29, 0.717) is 24.2 Å². The van der Waals surface area contributed by atoms with Gasteiger partial charge in [-0.3, -0.25) is 9.69 Å². The number of thiophene rings is 1. The fraction of sp³-hybridized carbons (Fsp3) is 0.452. The number of fused-ring (bicyclic) bond motifs is 1. The number of piperazine rings is 1. The standard InChI is InChI=1S/C31H38N6O2S/c1-20-15-21(2)17-24(16-20)29-25(26-18-27(40-31(26)32-29)22(3)30-34-33-23(4)39-30)7-10-35-11-13-36(14-12-35)19-28(38)37-8-5-6-9-37/h15-18,32H,3,5-14,19H2,1-2,4H3. The Balaban J connectivity index is 1.20. The summed E-state index contributed by atoms with van der Waals surface area (Å²) in [6, 6.07) is 8.98. The van der Waals surface area contributed by atoms with Crippen LogP contribution in [-0.2, 0) is 11.2 Å². The number of nitrogens with zero attached hydrogens (tertiary/aromatic N) is 5. The van der Waals surface area contributed by atoms with Crippen LogP contribution in [0.25, 0.3) is 27.0 Å². The van der Waals surface area contributed by atoms with Gasteiger partial charge >= 0.3 is 0 Å². The molecule has 0 aliphatic carbocycles. The van der Waals surface area contributed by atoms with Crippen LogP contribution >= 0.6 is 11.3 Å². The van der Waals surface area contributed by atoms with Crippen molar-refractivity contribution in [3.8, 4) is 11.3 Å². The van der Waals surface area contributed by atoms with Crippen molar-refractivity contribution in [2.45, 2.75) is 40.0 Å². The topological polar surface area (TPSA) is 81.5 Å². The molecule has 0 bridgehead atoms. The summed E-state index contributed by atoms with van der Waals surface area (Å²) in [7, 11) is 0. The van der Waals surface area contributed by atoms with Gasteiger partial charge in [-0.15, -0.1) is 21.5 Å². The van der Waals surface area contributed by atoms with Gasteiger partial charge in [-0.25, -0.2) is 0 Å². The lowest BCUT2D eigenvalue weighted by molar-refractivity contribution is -0.131. The number of likely N-dealkylation sites (tertiary alicyclic amines) is 1. The Labute approximate surface area is 239 Å². The quantitative estimate of drug-likeness (QED) is 0.326. The van der Waals surface area contributed by atoms with Gasteiger partial charge < -0.3 is 19.2 Å². The normalized spacial score (nSPS) is 16.8. The zero-order valence-corrected chi connectivity index (χ0v) is 24.6. The van der Waals surface area contributed by atoms with E-state index in [1.807, 2.05) is 4.90 Å². The number of benzene rings is 1. The van der Waals surface area contributed by atoms with Crippen molar-refractivity contribution in [3.05, 3.63) is 64.2 Å². The van der Waals surface area contributed by atoms with Crippen LogP contribution in [0.1, 0.15) is 46.2 Å². The van der Waals surface area contributed by atoms with Crippen molar-refractivity contribution in [1.82, 2.24) is 29.9 Å². The molecule has 4 aromatic rings. The van der Waals surface area contributed by atoms with Crippen molar-refractivity contribution >= 4 is 33.0 Å². The molecule has 0 spiro atoms. The largest absolute Gasteiger partial charge is 0.421 e. The fourth-order valence-corrected chi connectivity index (χ4v) is 7.08. The lowest BCUT2D eigenvalue weighted by Gasteiger charge is -2.35. The van der Waals surface area contributed by atoms with Gasteiger partial charge in [0.25, 0.3) is 0 Å². The number of carbonyl (C=O) groups is 1. The number of H-pyrrole nitrogens is 1. The molecule has 40 heavy (non-hydrogen) atoms. The highest BCUT2D eigenvalue weighted by molar-refractivity contribution is 7.19. The van der Waals surface area contributed by atoms with E-state index >= 15 is 0 Å². The highest BCUT2D eigenvalue weighted by Gasteiger charge is 2.25. The van der Waals surface area contributed by atoms with Crippen molar-refractivity contribution in [1.29, 1.82) is 0 Å². The first-order chi connectivity index (χ1) is 19.3. The van der Waals surface area contributed by atoms with Gasteiger partial charge in [-0.05, 0) is 62.4 Å². The van der Waals surface area contributed by atoms with Crippen molar-refractivity contribution in [2.75, 3.05) is 52.4 Å². The molecule has 1 amide bonds. The molecule has 3 aromatic heterocycles. The number of amides is 1. The van der Waals surface area contributed by atoms with E-state index in [0.717, 1.165) is 80.4 Å². The predicted octanol–water partition coefficient (Wildman–Crippen LogP) is 5.05. The Hall–Kier alpha value is -3.27. The van der Waals surface area contributed by atoms with E-state index in [-0.39, 0.29) is 0 Å². The molecule has 1 N–H and O–H groups in total. The molecule has 2 saturated heterocycles. The molecule has 9 heteroatoms. The van der Waals surface area contributed by atoms with E-state index in [2.05, 4.69) is 69.7 Å². The molecule has 5 heterocycles. The van der Waals surface area contributed by atoms with Crippen LogP contribution in [-0.4, -0.2) is 88.1 Å². The Kier molecular flexibility index (Phi) is 7.61. The minimum atomic E-state index is 0.296. The number of nitrogens with one attached hydrogen (secondary N) is 1. The van der Waals surface area contributed by atoms with E-state index in [9.17, 15) is 4.79 Å². The van der Waals surface area contributed by atoms with Gasteiger partial charge in [0.05, 0.1) is 12.2 Å². The third-order valence-corrected chi connectivity index (χ3v) is 9.26. The molecule has 0 saturated carbocycles. The zero-order valence-electron chi connectivity index (χ0n) is 23.8. The van der Waals surface area contributed by atoms with Crippen molar-refractivity contribution < 1.29 is 9.21 Å². The van der Waals surface area contributed by atoms with Crippen LogP contribution in [0.5, 0.6) is 0 Å². The molecular weight excluding hydrogens is 520 g/mol. The molecule has 8 nitrogen and oxygen atoms in total. The van der Waals surface area contributed by atoms with Crippen LogP contribution in [0.15, 0.2) is 35.3 Å². The maximum absolute atomic E-state index is 12.6. The van der Waals surface area contributed by atoms with Crippen molar-refractivity contribution in [2.24, 2.45) is 0 Å². The second kappa shape index (κ2) is 11.3. The van der Waals surface area contributed by atoms with Crippen LogP contribution in [0.2, 0.25) is 0 Å². The molecule has 2 aliphatic rings. The zero-order chi connectivity index (χ0) is 27.8. The summed E-state index contributed by atoms with van der Waals surface area (Å²) < 4.78 is 5.65. The predicted molar refractivity (Wildman–Crippen MR) is 161 cm³/mol. The SMILES string of the molecule is C=C(c1nnc(C)o1)c1cc2c(CCN3CCN(CC(=O)N4CCCC4)CC3)c(-c3cc(C)cc(C)c3)[nH]c2s1. The number of rotatable bonds is 8. The molecule has 2 fully saturated rings. The summed E-state index contributed by atoms with van der Waals surface area (Å²) >= 11 is 1.69. The van der Waals surface area contributed by atoms with Crippen molar-refractivity contribution in [3.63, 3.8) is 0 Å². The average Bonchev–Trinajstić information content (AvgIpc) is 3.72. The van der Waals surface area contributed by atoms with Gasteiger partial charge in [0.2, 0.25) is 17.7 Å². The Morgan fingerprint density at radius 2 is 1.68 bits per heavy atom. The number of aromatic amines is 1. The second-order valence-electron chi connectivity index (χ2n) is 11.3. The molecule has 0 unspecified atom stereocenters. The highest BCUT2D eigenvalue weighted by atomic mass is 32.1. The van der Waals surface area contributed by atoms with Gasteiger partial charge in [0.15, 0.2) is 0 Å². The van der Waals surface area contributed by atoms with E-state index < -0.39 is 0 Å². The van der Waals surface area contributed by atoms with E-state index in [1.54, 1.807) is 18.3 Å². The summed E-state index contributed by atoms with van der Waals surface area (Å²) in [4.78, 5) is 25.4. The maximum atomic E-state index is 12.6. The molecular formula is C31H38N6O2S.